The number of nitrogens with zero attached hydrogens (tertiary/aromatic N) is 5. The zero-order valence-electron chi connectivity index (χ0n) is 18.2. The lowest BCUT2D eigenvalue weighted by Gasteiger charge is -2.27. The minimum absolute atomic E-state index is 0.0148. The molecular formula is C21H24F3N7O2. The van der Waals surface area contributed by atoms with Crippen LogP contribution in [0.5, 0.6) is 0 Å². The van der Waals surface area contributed by atoms with Crippen LogP contribution in [-0.2, 0) is 24.0 Å². The second kappa shape index (κ2) is 9.30. The number of aryl methyl sites for hydroxylation is 2. The summed E-state index contributed by atoms with van der Waals surface area (Å²) in [6, 6.07) is -0.0761. The van der Waals surface area contributed by atoms with Crippen LogP contribution in [0.25, 0.3) is 11.0 Å². The van der Waals surface area contributed by atoms with Crippen LogP contribution >= 0.6 is 0 Å². The molecule has 1 saturated heterocycles. The summed E-state index contributed by atoms with van der Waals surface area (Å²) < 4.78 is 49.1. The Kier molecular flexibility index (Phi) is 6.45. The number of fused-ring (bicyclic) bond motifs is 1. The lowest BCUT2D eigenvalue weighted by Crippen LogP contribution is -2.31. The predicted molar refractivity (Wildman–Crippen MR) is 114 cm³/mol. The Hall–Kier alpha value is -3.28. The number of halogens is 3. The molecule has 1 aliphatic rings. The average molecular weight is 463 g/mol. The van der Waals surface area contributed by atoms with Gasteiger partial charge in [-0.2, -0.15) is 18.3 Å². The van der Waals surface area contributed by atoms with Gasteiger partial charge in [-0.15, -0.1) is 0 Å². The highest BCUT2D eigenvalue weighted by molar-refractivity contribution is 5.94. The number of carbonyl (C=O) groups is 1. The van der Waals surface area contributed by atoms with Crippen molar-refractivity contribution in [3.05, 3.63) is 41.2 Å². The minimum Gasteiger partial charge on any atom is -0.381 e. The first kappa shape index (κ1) is 22.9. The highest BCUT2D eigenvalue weighted by Crippen LogP contribution is 2.38. The van der Waals surface area contributed by atoms with Gasteiger partial charge in [0, 0.05) is 44.1 Å². The number of nitrogens with one attached hydrogen (secondary N) is 2. The second-order valence-corrected chi connectivity index (χ2v) is 7.77. The first-order valence-electron chi connectivity index (χ1n) is 10.6. The van der Waals surface area contributed by atoms with Crippen molar-refractivity contribution >= 4 is 22.6 Å². The Morgan fingerprint density at radius 1 is 1.21 bits per heavy atom. The predicted octanol–water partition coefficient (Wildman–Crippen LogP) is 3.09. The highest BCUT2D eigenvalue weighted by Gasteiger charge is 2.38. The Labute approximate surface area is 187 Å². The van der Waals surface area contributed by atoms with E-state index in [1.54, 1.807) is 13.8 Å². The zero-order chi connectivity index (χ0) is 23.6. The van der Waals surface area contributed by atoms with E-state index < -0.39 is 24.3 Å². The molecule has 0 spiro atoms. The minimum atomic E-state index is -4.73. The fourth-order valence-electron chi connectivity index (χ4n) is 3.75. The SMILES string of the molecule is CCn1ncc2c(NC3CCOCC3)c(CNC(=O)c3cnc(C)cn3)c(C(F)(F)F)nc21. The van der Waals surface area contributed by atoms with E-state index in [4.69, 9.17) is 4.74 Å². The van der Waals surface area contributed by atoms with E-state index in [2.05, 4.69) is 30.7 Å². The van der Waals surface area contributed by atoms with E-state index in [9.17, 15) is 18.0 Å². The summed E-state index contributed by atoms with van der Waals surface area (Å²) in [5.74, 6) is -0.628. The van der Waals surface area contributed by atoms with Crippen molar-refractivity contribution in [2.24, 2.45) is 0 Å². The molecule has 2 N–H and O–H groups in total. The summed E-state index contributed by atoms with van der Waals surface area (Å²) in [5.41, 5.74) is -0.161. The quantitative estimate of drug-likeness (QED) is 0.579. The third-order valence-corrected chi connectivity index (χ3v) is 5.46. The maximum absolute atomic E-state index is 14.1. The molecule has 4 rings (SSSR count). The standard InChI is InChI=1S/C21H24F3N7O2/c1-3-31-19-15(10-28-31)17(29-13-4-6-33-7-5-13)14(18(30-19)21(22,23)24)9-27-20(32)16-11-25-12(2)8-26-16/h8,10-11,13H,3-7,9H2,1-2H3,(H,27,32)(H,29,30). The largest absolute Gasteiger partial charge is 0.433 e. The zero-order valence-corrected chi connectivity index (χ0v) is 18.2. The van der Waals surface area contributed by atoms with Crippen molar-refractivity contribution in [1.82, 2.24) is 30.0 Å². The number of hydrogen-bond acceptors (Lipinski definition) is 7. The molecule has 0 atom stereocenters. The number of amides is 1. The van der Waals surface area contributed by atoms with Gasteiger partial charge in [0.05, 0.1) is 29.2 Å². The normalized spacial score (nSPS) is 15.1. The third-order valence-electron chi connectivity index (χ3n) is 5.46. The van der Waals surface area contributed by atoms with Gasteiger partial charge in [-0.1, -0.05) is 0 Å². The van der Waals surface area contributed by atoms with Crippen molar-refractivity contribution in [2.75, 3.05) is 18.5 Å². The summed E-state index contributed by atoms with van der Waals surface area (Å²) in [5, 5.41) is 10.5. The van der Waals surface area contributed by atoms with E-state index in [1.807, 2.05) is 0 Å². The van der Waals surface area contributed by atoms with Crippen molar-refractivity contribution in [3.8, 4) is 0 Å². The summed E-state index contributed by atoms with van der Waals surface area (Å²) in [4.78, 5) is 24.5. The number of carbonyl (C=O) groups excluding carboxylic acids is 1. The molecule has 0 aliphatic carbocycles. The van der Waals surface area contributed by atoms with E-state index in [1.165, 1.54) is 23.3 Å². The van der Waals surface area contributed by atoms with E-state index in [0.29, 0.717) is 43.7 Å². The summed E-state index contributed by atoms with van der Waals surface area (Å²) >= 11 is 0. The van der Waals surface area contributed by atoms with Crippen molar-refractivity contribution in [1.29, 1.82) is 0 Å². The van der Waals surface area contributed by atoms with Crippen LogP contribution in [0.15, 0.2) is 18.6 Å². The monoisotopic (exact) mass is 463 g/mol. The maximum atomic E-state index is 14.1. The van der Waals surface area contributed by atoms with Gasteiger partial charge in [0.2, 0.25) is 0 Å². The molecular weight excluding hydrogens is 439 g/mol. The van der Waals surface area contributed by atoms with Gasteiger partial charge in [0.25, 0.3) is 5.91 Å². The van der Waals surface area contributed by atoms with Gasteiger partial charge in [0.15, 0.2) is 11.3 Å². The van der Waals surface area contributed by atoms with Crippen LogP contribution < -0.4 is 10.6 Å². The molecule has 12 heteroatoms. The molecule has 0 unspecified atom stereocenters. The van der Waals surface area contributed by atoms with Crippen LogP contribution in [0.4, 0.5) is 18.9 Å². The number of ether oxygens (including phenoxy) is 1. The lowest BCUT2D eigenvalue weighted by atomic mass is 10.0. The highest BCUT2D eigenvalue weighted by atomic mass is 19.4. The van der Waals surface area contributed by atoms with Crippen LogP contribution in [0, 0.1) is 6.92 Å². The number of anilines is 1. The van der Waals surface area contributed by atoms with Crippen molar-refractivity contribution in [2.45, 2.75) is 52.0 Å². The number of rotatable bonds is 6. The fourth-order valence-corrected chi connectivity index (χ4v) is 3.75. The number of hydrogen-bond donors (Lipinski definition) is 2. The second-order valence-electron chi connectivity index (χ2n) is 7.77. The summed E-state index contributed by atoms with van der Waals surface area (Å²) in [6.45, 7) is 4.51. The molecule has 33 heavy (non-hydrogen) atoms. The number of alkyl halides is 3. The smallest absolute Gasteiger partial charge is 0.381 e. The molecule has 1 fully saturated rings. The molecule has 1 aliphatic heterocycles. The van der Waals surface area contributed by atoms with Gasteiger partial charge in [-0.25, -0.2) is 14.6 Å². The molecule has 3 aromatic heterocycles. The number of aromatic nitrogens is 5. The van der Waals surface area contributed by atoms with E-state index >= 15 is 0 Å². The van der Waals surface area contributed by atoms with Crippen molar-refractivity contribution < 1.29 is 22.7 Å². The van der Waals surface area contributed by atoms with Gasteiger partial charge >= 0.3 is 6.18 Å². The van der Waals surface area contributed by atoms with Gasteiger partial charge in [-0.3, -0.25) is 9.78 Å². The molecule has 4 heterocycles. The van der Waals surface area contributed by atoms with Gasteiger partial charge in [-0.05, 0) is 26.7 Å². The van der Waals surface area contributed by atoms with E-state index in [-0.39, 0.29) is 28.6 Å². The summed E-state index contributed by atoms with van der Waals surface area (Å²) in [7, 11) is 0. The van der Waals surface area contributed by atoms with Crippen LogP contribution in [0.1, 0.15) is 47.2 Å². The van der Waals surface area contributed by atoms with Gasteiger partial charge < -0.3 is 15.4 Å². The molecule has 0 saturated carbocycles. The molecule has 1 amide bonds. The number of pyridine rings is 1. The third kappa shape index (κ3) is 4.90. The molecule has 0 radical (unpaired) electrons. The van der Waals surface area contributed by atoms with Crippen LogP contribution in [0.3, 0.4) is 0 Å². The Morgan fingerprint density at radius 3 is 2.61 bits per heavy atom. The Bertz CT molecular complexity index is 1140. The topological polar surface area (TPSA) is 107 Å². The first-order valence-corrected chi connectivity index (χ1v) is 10.6. The first-order chi connectivity index (χ1) is 15.8. The average Bonchev–Trinajstić information content (AvgIpc) is 3.21. The van der Waals surface area contributed by atoms with Gasteiger partial charge in [0.1, 0.15) is 5.69 Å². The van der Waals surface area contributed by atoms with E-state index in [0.717, 1.165) is 0 Å². The van der Waals surface area contributed by atoms with Crippen LogP contribution in [-0.4, -0.2) is 49.9 Å². The molecule has 0 aromatic carbocycles. The summed E-state index contributed by atoms with van der Waals surface area (Å²) in [6.07, 6.45) is 0.775. The van der Waals surface area contributed by atoms with Crippen molar-refractivity contribution in [3.63, 3.8) is 0 Å². The molecule has 9 nitrogen and oxygen atoms in total. The molecule has 0 bridgehead atoms. The lowest BCUT2D eigenvalue weighted by molar-refractivity contribution is -0.141. The molecule has 176 valence electrons. The molecule has 3 aromatic rings. The fraction of sp³-hybridized carbons (Fsp3) is 0.476. The van der Waals surface area contributed by atoms with Crippen LogP contribution in [0.2, 0.25) is 0 Å². The maximum Gasteiger partial charge on any atom is 0.433 e. The Morgan fingerprint density at radius 2 is 1.97 bits per heavy atom. The Balaban J connectivity index is 1.76.